The fourth-order valence-corrected chi connectivity index (χ4v) is 5.66. The van der Waals surface area contributed by atoms with Crippen molar-refractivity contribution in [1.29, 1.82) is 0 Å². The molecule has 1 N–H and O–H groups in total. The van der Waals surface area contributed by atoms with E-state index in [1.54, 1.807) is 11.3 Å². The first-order valence-electron chi connectivity index (χ1n) is 9.77. The minimum Gasteiger partial charge on any atom is -0.490 e. The maximum Gasteiger partial charge on any atom is 0.261 e. The molecule has 0 radical (unpaired) electrons. The molecule has 4 heterocycles. The van der Waals surface area contributed by atoms with Gasteiger partial charge in [0.05, 0.1) is 11.0 Å². The molecule has 3 aliphatic heterocycles. The number of fused-ring (bicyclic) bond motifs is 4. The Balaban J connectivity index is 1.36. The molecule has 26 heavy (non-hydrogen) atoms. The van der Waals surface area contributed by atoms with Crippen molar-refractivity contribution in [1.82, 2.24) is 10.2 Å². The van der Waals surface area contributed by atoms with Gasteiger partial charge in [0.1, 0.15) is 5.75 Å². The van der Waals surface area contributed by atoms with Crippen LogP contribution in [0.15, 0.2) is 24.3 Å². The number of amides is 1. The number of rotatable bonds is 4. The van der Waals surface area contributed by atoms with Gasteiger partial charge in [-0.2, -0.15) is 0 Å². The van der Waals surface area contributed by atoms with E-state index in [9.17, 15) is 4.79 Å². The molecule has 1 aromatic heterocycles. The molecule has 4 aliphatic rings. The number of carbonyl (C=O) groups excluding carboxylic acids is 1. The summed E-state index contributed by atoms with van der Waals surface area (Å²) >= 11 is 1.57. The second-order valence-corrected chi connectivity index (χ2v) is 9.64. The highest BCUT2D eigenvalue weighted by atomic mass is 32.1. The van der Waals surface area contributed by atoms with E-state index < -0.39 is 0 Å². The quantitative estimate of drug-likeness (QED) is 0.883. The third-order valence-electron chi connectivity index (χ3n) is 6.42. The fraction of sp³-hybridized carbons (Fsp3) is 0.571. The minimum atomic E-state index is 0.0405. The maximum absolute atomic E-state index is 13.0. The zero-order chi connectivity index (χ0) is 17.9. The van der Waals surface area contributed by atoms with E-state index in [-0.39, 0.29) is 17.5 Å². The monoisotopic (exact) mass is 370 g/mol. The maximum atomic E-state index is 13.0. The molecule has 138 valence electrons. The number of piperidine rings is 3. The molecule has 1 saturated carbocycles. The van der Waals surface area contributed by atoms with Crippen molar-refractivity contribution in [3.63, 3.8) is 0 Å². The average molecular weight is 371 g/mol. The lowest BCUT2D eigenvalue weighted by Gasteiger charge is -2.56. The zero-order valence-corrected chi connectivity index (χ0v) is 16.3. The second kappa shape index (κ2) is 5.96. The summed E-state index contributed by atoms with van der Waals surface area (Å²) in [6.07, 6.45) is 5.11. The topological polar surface area (TPSA) is 41.6 Å². The van der Waals surface area contributed by atoms with Gasteiger partial charge in [-0.15, -0.1) is 11.3 Å². The van der Waals surface area contributed by atoms with E-state index in [0.717, 1.165) is 46.6 Å². The Morgan fingerprint density at radius 1 is 1.19 bits per heavy atom. The highest BCUT2D eigenvalue weighted by Gasteiger charge is 2.48. The van der Waals surface area contributed by atoms with Crippen LogP contribution >= 0.6 is 11.3 Å². The van der Waals surface area contributed by atoms with Crippen molar-refractivity contribution in [2.45, 2.75) is 57.2 Å². The summed E-state index contributed by atoms with van der Waals surface area (Å²) in [6, 6.07) is 8.42. The van der Waals surface area contributed by atoms with Gasteiger partial charge in [0.25, 0.3) is 5.91 Å². The first-order valence-corrected chi connectivity index (χ1v) is 10.6. The van der Waals surface area contributed by atoms with Crippen LogP contribution in [-0.2, 0) is 0 Å². The summed E-state index contributed by atoms with van der Waals surface area (Å²) in [4.78, 5) is 16.3. The molecule has 1 atom stereocenters. The Bertz CT molecular complexity index is 847. The molecule has 4 fully saturated rings. The molecule has 0 unspecified atom stereocenters. The Hall–Kier alpha value is -1.59. The number of thiophene rings is 1. The van der Waals surface area contributed by atoms with Crippen molar-refractivity contribution in [2.24, 2.45) is 5.92 Å². The molecule has 6 rings (SSSR count). The molecule has 2 bridgehead atoms. The van der Waals surface area contributed by atoms with Crippen molar-refractivity contribution in [2.75, 3.05) is 13.1 Å². The van der Waals surface area contributed by atoms with E-state index in [0.29, 0.717) is 12.0 Å². The van der Waals surface area contributed by atoms with Crippen LogP contribution in [0.3, 0.4) is 0 Å². The van der Waals surface area contributed by atoms with Crippen LogP contribution in [0.1, 0.15) is 49.2 Å². The molecular formula is C21H26N2O2S. The van der Waals surface area contributed by atoms with Crippen LogP contribution in [0.4, 0.5) is 0 Å². The summed E-state index contributed by atoms with van der Waals surface area (Å²) in [5, 5.41) is 4.49. The van der Waals surface area contributed by atoms with Gasteiger partial charge in [-0.1, -0.05) is 0 Å². The van der Waals surface area contributed by atoms with Gasteiger partial charge in [-0.3, -0.25) is 9.69 Å². The smallest absolute Gasteiger partial charge is 0.261 e. The summed E-state index contributed by atoms with van der Waals surface area (Å²) < 4.78 is 7.01. The number of hydrogen-bond acceptors (Lipinski definition) is 4. The summed E-state index contributed by atoms with van der Waals surface area (Å²) in [5.41, 5.74) is 0.0405. The van der Waals surface area contributed by atoms with E-state index in [2.05, 4.69) is 36.2 Å². The highest BCUT2D eigenvalue weighted by Crippen LogP contribution is 2.39. The number of carbonyl (C=O) groups is 1. The van der Waals surface area contributed by atoms with Crippen LogP contribution in [-0.4, -0.2) is 41.6 Å². The first-order chi connectivity index (χ1) is 12.5. The SMILES string of the molecule is CC1(C)[C@@H](NC(=O)c2cc3ccc(OC4CC4)cc3s2)C2CCN1CC2. The Morgan fingerprint density at radius 3 is 2.65 bits per heavy atom. The van der Waals surface area contributed by atoms with Crippen molar-refractivity contribution in [3.05, 3.63) is 29.1 Å². The summed E-state index contributed by atoms with van der Waals surface area (Å²) in [6.45, 7) is 6.87. The van der Waals surface area contributed by atoms with Crippen LogP contribution in [0.5, 0.6) is 5.75 Å². The number of hydrogen-bond donors (Lipinski definition) is 1. The van der Waals surface area contributed by atoms with E-state index in [4.69, 9.17) is 4.74 Å². The van der Waals surface area contributed by atoms with Crippen molar-refractivity contribution < 1.29 is 9.53 Å². The van der Waals surface area contributed by atoms with Crippen LogP contribution in [0.2, 0.25) is 0 Å². The van der Waals surface area contributed by atoms with Crippen LogP contribution in [0, 0.1) is 5.92 Å². The van der Waals surface area contributed by atoms with Gasteiger partial charge >= 0.3 is 0 Å². The van der Waals surface area contributed by atoms with Gasteiger partial charge < -0.3 is 10.1 Å². The first kappa shape index (κ1) is 16.6. The third kappa shape index (κ3) is 2.81. The van der Waals surface area contributed by atoms with Gasteiger partial charge in [-0.25, -0.2) is 0 Å². The van der Waals surface area contributed by atoms with Gasteiger partial charge in [0.2, 0.25) is 0 Å². The number of benzene rings is 1. The predicted octanol–water partition coefficient (Wildman–Crippen LogP) is 4.05. The molecule has 5 heteroatoms. The number of ether oxygens (including phenoxy) is 1. The van der Waals surface area contributed by atoms with Crippen molar-refractivity contribution in [3.8, 4) is 5.75 Å². The van der Waals surface area contributed by atoms with Gasteiger partial charge in [-0.05, 0) is 88.2 Å². The van der Waals surface area contributed by atoms with E-state index in [1.807, 2.05) is 12.1 Å². The van der Waals surface area contributed by atoms with E-state index in [1.165, 1.54) is 12.8 Å². The Morgan fingerprint density at radius 2 is 1.96 bits per heavy atom. The van der Waals surface area contributed by atoms with Crippen molar-refractivity contribution >= 4 is 27.3 Å². The molecule has 1 amide bonds. The molecule has 1 aliphatic carbocycles. The number of nitrogens with one attached hydrogen (secondary N) is 1. The zero-order valence-electron chi connectivity index (χ0n) is 15.5. The molecular weight excluding hydrogens is 344 g/mol. The lowest BCUT2D eigenvalue weighted by molar-refractivity contribution is -0.0377. The molecule has 0 spiro atoms. The predicted molar refractivity (Wildman–Crippen MR) is 105 cm³/mol. The molecule has 4 nitrogen and oxygen atoms in total. The Labute approximate surface area is 158 Å². The normalized spacial score (nSPS) is 29.7. The fourth-order valence-electron chi connectivity index (χ4n) is 4.66. The summed E-state index contributed by atoms with van der Waals surface area (Å²) in [7, 11) is 0. The highest BCUT2D eigenvalue weighted by molar-refractivity contribution is 7.20. The number of nitrogens with zero attached hydrogens (tertiary/aromatic N) is 1. The standard InChI is InChI=1S/C21H26N2O2S/c1-21(2)19(13-7-9-23(21)10-8-13)22-20(24)18-11-14-3-4-16(12-17(14)26-18)25-15-5-6-15/h3-4,11-13,15,19H,5-10H2,1-2H3,(H,22,24)/t19-/m0/s1. The lowest BCUT2D eigenvalue weighted by atomic mass is 9.72. The second-order valence-electron chi connectivity index (χ2n) is 8.56. The largest absolute Gasteiger partial charge is 0.490 e. The van der Waals surface area contributed by atoms with Crippen LogP contribution in [0.25, 0.3) is 10.1 Å². The molecule has 2 aromatic rings. The third-order valence-corrected chi connectivity index (χ3v) is 7.51. The molecule has 3 saturated heterocycles. The van der Waals surface area contributed by atoms with Crippen LogP contribution < -0.4 is 10.1 Å². The van der Waals surface area contributed by atoms with E-state index >= 15 is 0 Å². The average Bonchev–Trinajstić information content (AvgIpc) is 3.33. The Kier molecular flexibility index (Phi) is 3.80. The van der Waals surface area contributed by atoms with Gasteiger partial charge in [0.15, 0.2) is 0 Å². The molecule has 1 aromatic carbocycles. The lowest BCUT2D eigenvalue weighted by Crippen LogP contribution is -2.69. The van der Waals surface area contributed by atoms with Gasteiger partial charge in [0, 0.05) is 16.3 Å². The minimum absolute atomic E-state index is 0.0405. The summed E-state index contributed by atoms with van der Waals surface area (Å²) in [5.74, 6) is 1.60.